The number of amides is 1. The number of carbonyl (C=O) groups is 1. The summed E-state index contributed by atoms with van der Waals surface area (Å²) in [7, 11) is 0. The summed E-state index contributed by atoms with van der Waals surface area (Å²) >= 11 is 4.44. The van der Waals surface area contributed by atoms with Gasteiger partial charge in [0.05, 0.1) is 0 Å². The van der Waals surface area contributed by atoms with E-state index in [0.29, 0.717) is 29.1 Å². The van der Waals surface area contributed by atoms with Crippen molar-refractivity contribution in [2.45, 2.75) is 17.7 Å². The largest absolute Gasteiger partial charge is 0.457 e. The third-order valence-electron chi connectivity index (χ3n) is 3.78. The molecule has 1 heterocycles. The second-order valence-corrected chi connectivity index (χ2v) is 6.38. The fourth-order valence-corrected chi connectivity index (χ4v) is 2.96. The third kappa shape index (κ3) is 4.50. The minimum absolute atomic E-state index is 0.0899. The van der Waals surface area contributed by atoms with Crippen molar-refractivity contribution >= 4 is 18.5 Å². The Morgan fingerprint density at radius 1 is 1.17 bits per heavy atom. The first-order valence-corrected chi connectivity index (χ1v) is 8.25. The molecule has 1 fully saturated rings. The van der Waals surface area contributed by atoms with Crippen LogP contribution >= 0.6 is 12.6 Å². The first-order valence-electron chi connectivity index (χ1n) is 7.73. The van der Waals surface area contributed by atoms with Crippen LogP contribution in [0, 0.1) is 0 Å². The first-order chi connectivity index (χ1) is 11.2. The van der Waals surface area contributed by atoms with Gasteiger partial charge < -0.3 is 15.4 Å². The summed E-state index contributed by atoms with van der Waals surface area (Å²) < 4.78 is 5.76. The molecule has 0 spiro atoms. The van der Waals surface area contributed by atoms with Crippen molar-refractivity contribution < 1.29 is 9.53 Å². The second-order valence-electron chi connectivity index (χ2n) is 5.65. The van der Waals surface area contributed by atoms with Gasteiger partial charge in [0.1, 0.15) is 11.5 Å². The minimum atomic E-state index is -0.0899. The lowest BCUT2D eigenvalue weighted by Crippen LogP contribution is -2.37. The van der Waals surface area contributed by atoms with E-state index in [-0.39, 0.29) is 5.91 Å². The van der Waals surface area contributed by atoms with Crippen LogP contribution in [-0.4, -0.2) is 30.3 Å². The molecule has 2 N–H and O–H groups in total. The van der Waals surface area contributed by atoms with Crippen LogP contribution in [0.2, 0.25) is 0 Å². The van der Waals surface area contributed by atoms with Crippen LogP contribution in [0.1, 0.15) is 16.8 Å². The van der Waals surface area contributed by atoms with Crippen molar-refractivity contribution in [2.75, 3.05) is 13.1 Å². The van der Waals surface area contributed by atoms with Crippen molar-refractivity contribution in [3.63, 3.8) is 0 Å². The Kier molecular flexibility index (Phi) is 5.20. The Labute approximate surface area is 141 Å². The number of rotatable bonds is 5. The molecule has 2 aromatic carbocycles. The average Bonchev–Trinajstić information content (AvgIpc) is 2.99. The van der Waals surface area contributed by atoms with Gasteiger partial charge in [-0.15, -0.1) is 0 Å². The molecule has 1 saturated heterocycles. The highest BCUT2D eigenvalue weighted by Gasteiger charge is 2.21. The molecule has 1 aliphatic heterocycles. The molecule has 5 heteroatoms. The number of hydrogen-bond donors (Lipinski definition) is 3. The molecule has 120 valence electrons. The number of thiol groups is 1. The van der Waals surface area contributed by atoms with E-state index in [1.54, 1.807) is 12.1 Å². The summed E-state index contributed by atoms with van der Waals surface area (Å²) in [6.07, 6.45) is 0.973. The molecular weight excluding hydrogens is 308 g/mol. The van der Waals surface area contributed by atoms with Crippen LogP contribution in [0.5, 0.6) is 11.5 Å². The summed E-state index contributed by atoms with van der Waals surface area (Å²) in [5.74, 6) is 1.31. The highest BCUT2D eigenvalue weighted by molar-refractivity contribution is 7.81. The van der Waals surface area contributed by atoms with Crippen molar-refractivity contribution in [1.82, 2.24) is 10.6 Å². The zero-order valence-electron chi connectivity index (χ0n) is 12.7. The van der Waals surface area contributed by atoms with Gasteiger partial charge in [0, 0.05) is 29.9 Å². The zero-order chi connectivity index (χ0) is 16.1. The highest BCUT2D eigenvalue weighted by Crippen LogP contribution is 2.21. The van der Waals surface area contributed by atoms with Gasteiger partial charge >= 0.3 is 0 Å². The maximum absolute atomic E-state index is 12.3. The van der Waals surface area contributed by atoms with Crippen LogP contribution in [-0.2, 0) is 0 Å². The molecule has 23 heavy (non-hydrogen) atoms. The smallest absolute Gasteiger partial charge is 0.251 e. The number of carbonyl (C=O) groups excluding carboxylic acids is 1. The predicted octanol–water partition coefficient (Wildman–Crippen LogP) is 2.87. The van der Waals surface area contributed by atoms with Crippen LogP contribution < -0.4 is 15.4 Å². The van der Waals surface area contributed by atoms with E-state index in [4.69, 9.17) is 4.74 Å². The molecule has 3 rings (SSSR count). The molecule has 1 amide bonds. The monoisotopic (exact) mass is 328 g/mol. The Bertz CT molecular complexity index is 663. The average molecular weight is 328 g/mol. The van der Waals surface area contributed by atoms with Gasteiger partial charge in [-0.25, -0.2) is 0 Å². The van der Waals surface area contributed by atoms with Crippen LogP contribution in [0.4, 0.5) is 0 Å². The van der Waals surface area contributed by atoms with E-state index in [2.05, 4.69) is 23.3 Å². The van der Waals surface area contributed by atoms with E-state index in [1.807, 2.05) is 42.5 Å². The number of para-hydroxylation sites is 1. The lowest BCUT2D eigenvalue weighted by Gasteiger charge is -2.12. The van der Waals surface area contributed by atoms with Gasteiger partial charge in [-0.2, -0.15) is 12.6 Å². The zero-order valence-corrected chi connectivity index (χ0v) is 13.6. The molecule has 4 nitrogen and oxygen atoms in total. The Morgan fingerprint density at radius 2 is 1.96 bits per heavy atom. The van der Waals surface area contributed by atoms with Crippen molar-refractivity contribution in [2.24, 2.45) is 0 Å². The standard InChI is InChI=1S/C18H20N2O2S/c21-18(20-11-14-10-17(23)12-19-14)13-5-4-8-16(9-13)22-15-6-2-1-3-7-15/h1-9,14,17,19,23H,10-12H2,(H,20,21). The summed E-state index contributed by atoms with van der Waals surface area (Å²) in [6.45, 7) is 1.50. The summed E-state index contributed by atoms with van der Waals surface area (Å²) in [6, 6.07) is 17.0. The van der Waals surface area contributed by atoms with Crippen LogP contribution in [0.15, 0.2) is 54.6 Å². The van der Waals surface area contributed by atoms with Crippen LogP contribution in [0.3, 0.4) is 0 Å². The molecule has 0 aliphatic carbocycles. The van der Waals surface area contributed by atoms with Gasteiger partial charge in [-0.1, -0.05) is 24.3 Å². The fraction of sp³-hybridized carbons (Fsp3) is 0.278. The summed E-state index contributed by atoms with van der Waals surface area (Å²) in [5.41, 5.74) is 0.596. The maximum atomic E-state index is 12.3. The molecule has 2 atom stereocenters. The van der Waals surface area contributed by atoms with Gasteiger partial charge in [-0.05, 0) is 36.8 Å². The minimum Gasteiger partial charge on any atom is -0.457 e. The summed E-state index contributed by atoms with van der Waals surface area (Å²) in [5, 5.41) is 6.68. The van der Waals surface area contributed by atoms with Gasteiger partial charge in [-0.3, -0.25) is 4.79 Å². The summed E-state index contributed by atoms with van der Waals surface area (Å²) in [4.78, 5) is 12.3. The molecule has 0 radical (unpaired) electrons. The fourth-order valence-electron chi connectivity index (χ4n) is 2.60. The van der Waals surface area contributed by atoms with Crippen molar-refractivity contribution in [1.29, 1.82) is 0 Å². The van der Waals surface area contributed by atoms with Crippen molar-refractivity contribution in [3.05, 3.63) is 60.2 Å². The van der Waals surface area contributed by atoms with Crippen LogP contribution in [0.25, 0.3) is 0 Å². The van der Waals surface area contributed by atoms with Gasteiger partial charge in [0.25, 0.3) is 5.91 Å². The molecular formula is C18H20N2O2S. The van der Waals surface area contributed by atoms with E-state index in [1.165, 1.54) is 0 Å². The van der Waals surface area contributed by atoms with Crippen molar-refractivity contribution in [3.8, 4) is 11.5 Å². The topological polar surface area (TPSA) is 50.4 Å². The maximum Gasteiger partial charge on any atom is 0.251 e. The molecule has 2 unspecified atom stereocenters. The lowest BCUT2D eigenvalue weighted by molar-refractivity contribution is 0.0950. The lowest BCUT2D eigenvalue weighted by atomic mass is 10.2. The Morgan fingerprint density at radius 3 is 2.70 bits per heavy atom. The first kappa shape index (κ1) is 15.9. The van der Waals surface area contributed by atoms with E-state index in [0.717, 1.165) is 18.7 Å². The quantitative estimate of drug-likeness (QED) is 0.740. The Balaban J connectivity index is 1.59. The number of nitrogens with one attached hydrogen (secondary N) is 2. The molecule has 1 aliphatic rings. The highest BCUT2D eigenvalue weighted by atomic mass is 32.1. The number of benzene rings is 2. The normalized spacial score (nSPS) is 20.2. The van der Waals surface area contributed by atoms with E-state index >= 15 is 0 Å². The van der Waals surface area contributed by atoms with Gasteiger partial charge in [0.15, 0.2) is 0 Å². The molecule has 0 saturated carbocycles. The number of ether oxygens (including phenoxy) is 1. The SMILES string of the molecule is O=C(NCC1CC(S)CN1)c1cccc(Oc2ccccc2)c1. The second kappa shape index (κ2) is 7.53. The third-order valence-corrected chi connectivity index (χ3v) is 4.18. The van der Waals surface area contributed by atoms with E-state index < -0.39 is 0 Å². The molecule has 0 bridgehead atoms. The van der Waals surface area contributed by atoms with E-state index in [9.17, 15) is 4.79 Å². The predicted molar refractivity (Wildman–Crippen MR) is 94.5 cm³/mol. The molecule has 0 aromatic heterocycles. The Hall–Kier alpha value is -1.98. The molecule has 2 aromatic rings. The number of hydrogen-bond acceptors (Lipinski definition) is 4. The van der Waals surface area contributed by atoms with Gasteiger partial charge in [0.2, 0.25) is 0 Å².